The van der Waals surface area contributed by atoms with E-state index in [1.165, 1.54) is 27.7 Å². The number of hydrogen-bond acceptors (Lipinski definition) is 6. The Balaban J connectivity index is 1.68. The Kier molecular flexibility index (Phi) is 6.14. The molecule has 0 radical (unpaired) electrons. The van der Waals surface area contributed by atoms with Gasteiger partial charge in [-0.1, -0.05) is 53.7 Å². The number of amides is 1. The largest absolute Gasteiger partial charge is 0.495 e. The zero-order chi connectivity index (χ0) is 22.9. The minimum absolute atomic E-state index is 0.0636. The molecule has 1 amide bonds. The minimum Gasteiger partial charge on any atom is -0.495 e. The molecule has 1 aliphatic carbocycles. The highest BCUT2D eigenvalue weighted by Crippen LogP contribution is 2.37. The molecule has 4 aromatic rings. The van der Waals surface area contributed by atoms with Crippen LogP contribution in [0.5, 0.6) is 5.75 Å². The van der Waals surface area contributed by atoms with Crippen molar-refractivity contribution >= 4 is 50.8 Å². The van der Waals surface area contributed by atoms with Gasteiger partial charge in [0.2, 0.25) is 5.91 Å². The summed E-state index contributed by atoms with van der Waals surface area (Å²) in [6.07, 6.45) is 2.04. The topological polar surface area (TPSA) is 73.2 Å². The predicted octanol–water partition coefficient (Wildman–Crippen LogP) is 5.15. The van der Waals surface area contributed by atoms with E-state index in [2.05, 4.69) is 5.32 Å². The van der Waals surface area contributed by atoms with E-state index < -0.39 is 0 Å². The highest BCUT2D eigenvalue weighted by molar-refractivity contribution is 7.99. The Hall–Kier alpha value is -2.81. The van der Waals surface area contributed by atoms with E-state index in [1.807, 2.05) is 41.8 Å². The molecule has 168 valence electrons. The van der Waals surface area contributed by atoms with Crippen LogP contribution >= 0.6 is 34.7 Å². The Morgan fingerprint density at radius 2 is 1.97 bits per heavy atom. The standard InChI is InChI=1S/C24H20ClN3O3S2/c1-31-19-9-5-4-8-18(19)28-23(30)21-16(15-6-2-3-7-17(15)25)12-32-22(21)27-24(28)33-13-20(29)26-14-10-11-14/h2-9,12,14H,10-11,13H2,1H3,(H,26,29). The number of aromatic nitrogens is 2. The number of thioether (sulfide) groups is 1. The van der Waals surface area contributed by atoms with Crippen LogP contribution in [0.1, 0.15) is 12.8 Å². The zero-order valence-electron chi connectivity index (χ0n) is 17.7. The first-order valence-electron chi connectivity index (χ1n) is 10.4. The molecule has 1 N–H and O–H groups in total. The van der Waals surface area contributed by atoms with Crippen molar-refractivity contribution in [2.75, 3.05) is 12.9 Å². The second-order valence-electron chi connectivity index (χ2n) is 7.65. The number of para-hydroxylation sites is 2. The normalized spacial score (nSPS) is 13.3. The van der Waals surface area contributed by atoms with Crippen molar-refractivity contribution in [1.29, 1.82) is 0 Å². The molecule has 0 atom stereocenters. The van der Waals surface area contributed by atoms with Gasteiger partial charge in [0, 0.05) is 27.6 Å². The maximum absolute atomic E-state index is 13.9. The molecule has 1 saturated carbocycles. The average Bonchev–Trinajstić information content (AvgIpc) is 3.53. The number of nitrogens with one attached hydrogen (secondary N) is 1. The van der Waals surface area contributed by atoms with Gasteiger partial charge in [0.05, 0.1) is 23.9 Å². The highest BCUT2D eigenvalue weighted by atomic mass is 35.5. The van der Waals surface area contributed by atoms with E-state index >= 15 is 0 Å². The van der Waals surface area contributed by atoms with E-state index in [9.17, 15) is 9.59 Å². The number of ether oxygens (including phenoxy) is 1. The van der Waals surface area contributed by atoms with Crippen LogP contribution < -0.4 is 15.6 Å². The third kappa shape index (κ3) is 4.38. The number of carbonyl (C=O) groups excluding carboxylic acids is 1. The highest BCUT2D eigenvalue weighted by Gasteiger charge is 2.25. The maximum Gasteiger partial charge on any atom is 0.268 e. The first kappa shape index (κ1) is 22.0. The first-order chi connectivity index (χ1) is 16.1. The average molecular weight is 498 g/mol. The zero-order valence-corrected chi connectivity index (χ0v) is 20.1. The van der Waals surface area contributed by atoms with Crippen LogP contribution in [0.2, 0.25) is 5.02 Å². The van der Waals surface area contributed by atoms with Gasteiger partial charge in [-0.25, -0.2) is 4.98 Å². The smallest absolute Gasteiger partial charge is 0.268 e. The third-order valence-corrected chi connectivity index (χ3v) is 7.48. The van der Waals surface area contributed by atoms with Gasteiger partial charge < -0.3 is 10.1 Å². The molecule has 0 aliphatic heterocycles. The lowest BCUT2D eigenvalue weighted by atomic mass is 10.1. The summed E-state index contributed by atoms with van der Waals surface area (Å²) in [7, 11) is 1.56. The molecule has 6 nitrogen and oxygen atoms in total. The van der Waals surface area contributed by atoms with Gasteiger partial charge >= 0.3 is 0 Å². The van der Waals surface area contributed by atoms with Gasteiger partial charge in [0.1, 0.15) is 10.6 Å². The fourth-order valence-corrected chi connectivity index (χ4v) is 5.63. The number of methoxy groups -OCH3 is 1. The predicted molar refractivity (Wildman–Crippen MR) is 134 cm³/mol. The van der Waals surface area contributed by atoms with Crippen molar-refractivity contribution in [3.63, 3.8) is 0 Å². The summed E-state index contributed by atoms with van der Waals surface area (Å²) in [6, 6.07) is 15.0. The van der Waals surface area contributed by atoms with Crippen molar-refractivity contribution in [3.05, 3.63) is 69.3 Å². The summed E-state index contributed by atoms with van der Waals surface area (Å²) >= 11 is 9.07. The number of halogens is 1. The molecule has 0 saturated heterocycles. The Morgan fingerprint density at radius 3 is 2.73 bits per heavy atom. The number of carbonyl (C=O) groups is 1. The molecule has 1 aliphatic rings. The van der Waals surface area contributed by atoms with E-state index in [1.54, 1.807) is 19.2 Å². The molecule has 0 unspecified atom stereocenters. The van der Waals surface area contributed by atoms with Crippen molar-refractivity contribution in [3.8, 4) is 22.6 Å². The van der Waals surface area contributed by atoms with Crippen LogP contribution in [-0.2, 0) is 4.79 Å². The van der Waals surface area contributed by atoms with Gasteiger partial charge in [0.15, 0.2) is 5.16 Å². The Bertz CT molecular complexity index is 1410. The Labute approximate surface area is 203 Å². The lowest BCUT2D eigenvalue weighted by Crippen LogP contribution is -2.28. The van der Waals surface area contributed by atoms with Crippen LogP contribution in [0.25, 0.3) is 27.0 Å². The van der Waals surface area contributed by atoms with Gasteiger partial charge in [-0.2, -0.15) is 0 Å². The number of fused-ring (bicyclic) bond motifs is 1. The van der Waals surface area contributed by atoms with E-state index in [0.717, 1.165) is 24.0 Å². The summed E-state index contributed by atoms with van der Waals surface area (Å²) < 4.78 is 7.06. The summed E-state index contributed by atoms with van der Waals surface area (Å²) in [5, 5.41) is 6.38. The number of hydrogen-bond donors (Lipinski definition) is 1. The van der Waals surface area contributed by atoms with E-state index in [-0.39, 0.29) is 23.3 Å². The van der Waals surface area contributed by atoms with E-state index in [0.29, 0.717) is 31.8 Å². The number of nitrogens with zero attached hydrogens (tertiary/aromatic N) is 2. The third-order valence-electron chi connectivity index (χ3n) is 5.34. The second kappa shape index (κ2) is 9.21. The monoisotopic (exact) mass is 497 g/mol. The fourth-order valence-electron chi connectivity index (χ4n) is 3.60. The van der Waals surface area contributed by atoms with Crippen LogP contribution in [0.15, 0.2) is 63.9 Å². The minimum atomic E-state index is -0.231. The van der Waals surface area contributed by atoms with Gasteiger partial charge in [-0.05, 0) is 31.0 Å². The molecule has 0 spiro atoms. The molecule has 9 heteroatoms. The second-order valence-corrected chi connectivity index (χ2v) is 9.85. The van der Waals surface area contributed by atoms with Gasteiger partial charge in [-0.15, -0.1) is 11.3 Å². The fraction of sp³-hybridized carbons (Fsp3) is 0.208. The Morgan fingerprint density at radius 1 is 1.21 bits per heavy atom. The maximum atomic E-state index is 13.9. The molecule has 5 rings (SSSR count). The van der Waals surface area contributed by atoms with Crippen LogP contribution in [0.4, 0.5) is 0 Å². The van der Waals surface area contributed by atoms with Crippen molar-refractivity contribution in [2.24, 2.45) is 0 Å². The lowest BCUT2D eigenvalue weighted by molar-refractivity contribution is -0.118. The molecule has 33 heavy (non-hydrogen) atoms. The summed E-state index contributed by atoms with van der Waals surface area (Å²) in [6.45, 7) is 0. The molecule has 0 bridgehead atoms. The first-order valence-corrected chi connectivity index (χ1v) is 12.7. The summed E-state index contributed by atoms with van der Waals surface area (Å²) in [5.74, 6) is 0.651. The van der Waals surface area contributed by atoms with Crippen molar-refractivity contribution in [1.82, 2.24) is 14.9 Å². The quantitative estimate of drug-likeness (QED) is 0.282. The summed E-state index contributed by atoms with van der Waals surface area (Å²) in [5.41, 5.74) is 1.86. The lowest BCUT2D eigenvalue weighted by Gasteiger charge is -2.15. The van der Waals surface area contributed by atoms with Gasteiger partial charge in [0.25, 0.3) is 5.56 Å². The molecule has 2 aromatic heterocycles. The van der Waals surface area contributed by atoms with Gasteiger partial charge in [-0.3, -0.25) is 14.2 Å². The molecular formula is C24H20ClN3O3S2. The number of thiophene rings is 1. The molecular weight excluding hydrogens is 478 g/mol. The molecule has 2 aromatic carbocycles. The molecule has 1 fully saturated rings. The van der Waals surface area contributed by atoms with Crippen molar-refractivity contribution in [2.45, 2.75) is 24.0 Å². The van der Waals surface area contributed by atoms with E-state index in [4.69, 9.17) is 21.3 Å². The van der Waals surface area contributed by atoms with Crippen molar-refractivity contribution < 1.29 is 9.53 Å². The van der Waals surface area contributed by atoms with Crippen LogP contribution in [-0.4, -0.2) is 34.4 Å². The van der Waals surface area contributed by atoms with Crippen LogP contribution in [0, 0.1) is 0 Å². The molecule has 2 heterocycles. The number of benzene rings is 2. The number of rotatable bonds is 7. The SMILES string of the molecule is COc1ccccc1-n1c(SCC(=O)NC2CC2)nc2scc(-c3ccccc3Cl)c2c1=O. The van der Waals surface area contributed by atoms with Crippen LogP contribution in [0.3, 0.4) is 0 Å². The summed E-state index contributed by atoms with van der Waals surface area (Å²) in [4.78, 5) is 31.7.